The summed E-state index contributed by atoms with van der Waals surface area (Å²) in [6.45, 7) is 3.56. The summed E-state index contributed by atoms with van der Waals surface area (Å²) < 4.78 is 35.7. The number of benzene rings is 1. The number of halogens is 2. The largest absolute Gasteiger partial charge is 0.586 e. The van der Waals surface area contributed by atoms with Crippen LogP contribution in [0.2, 0.25) is 0 Å². The van der Waals surface area contributed by atoms with Gasteiger partial charge in [0.2, 0.25) is 0 Å². The van der Waals surface area contributed by atoms with Crippen molar-refractivity contribution in [2.75, 3.05) is 13.1 Å². The fraction of sp³-hybridized carbons (Fsp3) is 0.529. The Kier molecular flexibility index (Phi) is 3.80. The number of imide groups is 1. The van der Waals surface area contributed by atoms with Crippen LogP contribution in [-0.2, 0) is 11.3 Å². The number of hydrogen-bond donors (Lipinski definition) is 2. The number of urea groups is 1. The summed E-state index contributed by atoms with van der Waals surface area (Å²) in [6, 6.07) is 4.39. The molecule has 4 rings (SSSR count). The number of likely N-dealkylation sites (tertiary alicyclic amines) is 1. The van der Waals surface area contributed by atoms with Crippen molar-refractivity contribution in [2.24, 2.45) is 5.92 Å². The van der Waals surface area contributed by atoms with Gasteiger partial charge in [0.15, 0.2) is 11.5 Å². The maximum Gasteiger partial charge on any atom is 0.586 e. The van der Waals surface area contributed by atoms with Gasteiger partial charge in [0, 0.05) is 12.1 Å². The van der Waals surface area contributed by atoms with E-state index in [2.05, 4.69) is 25.0 Å². The number of para-hydroxylation sites is 1. The van der Waals surface area contributed by atoms with Crippen LogP contribution in [0.1, 0.15) is 25.3 Å². The molecule has 7 nitrogen and oxygen atoms in total. The van der Waals surface area contributed by atoms with Crippen LogP contribution in [0.15, 0.2) is 18.2 Å². The number of rotatable bonds is 3. The molecule has 3 aliphatic rings. The molecule has 140 valence electrons. The van der Waals surface area contributed by atoms with E-state index in [4.69, 9.17) is 0 Å². The smallest absolute Gasteiger partial charge is 0.395 e. The van der Waals surface area contributed by atoms with Crippen molar-refractivity contribution in [1.82, 2.24) is 15.5 Å². The summed E-state index contributed by atoms with van der Waals surface area (Å²) in [4.78, 5) is 25.6. The lowest BCUT2D eigenvalue weighted by atomic mass is 9.79. The Labute approximate surface area is 148 Å². The molecule has 3 amide bonds. The van der Waals surface area contributed by atoms with Crippen LogP contribution in [0.25, 0.3) is 0 Å². The average molecular weight is 367 g/mol. The van der Waals surface area contributed by atoms with Crippen LogP contribution in [0.3, 0.4) is 0 Å². The molecule has 0 unspecified atom stereocenters. The third kappa shape index (κ3) is 2.86. The van der Waals surface area contributed by atoms with Gasteiger partial charge < -0.3 is 14.8 Å². The zero-order valence-electron chi connectivity index (χ0n) is 14.2. The lowest BCUT2D eigenvalue weighted by Crippen LogP contribution is -2.53. The molecule has 3 aliphatic heterocycles. The standard InChI is InChI=1S/C17H19F2N3O4/c1-16(14(23)20-15(24)21-16)11-5-7-22(8-6-11)9-10-3-2-4-12-13(10)26-17(18,19)25-12/h2-4,11H,5-9H2,1H3,(H2,20,21,23,24)/t16-/m0/s1. The Morgan fingerprint density at radius 2 is 1.96 bits per heavy atom. The highest BCUT2D eigenvalue weighted by atomic mass is 19.3. The molecule has 0 bridgehead atoms. The van der Waals surface area contributed by atoms with Gasteiger partial charge in [-0.3, -0.25) is 15.0 Å². The Hall–Kier alpha value is -2.42. The lowest BCUT2D eigenvalue weighted by molar-refractivity contribution is -0.287. The molecule has 0 aliphatic carbocycles. The van der Waals surface area contributed by atoms with Crippen molar-refractivity contribution in [2.45, 2.75) is 38.1 Å². The van der Waals surface area contributed by atoms with E-state index in [1.54, 1.807) is 19.1 Å². The fourth-order valence-electron chi connectivity index (χ4n) is 3.90. The quantitative estimate of drug-likeness (QED) is 0.797. The minimum Gasteiger partial charge on any atom is -0.395 e. The molecule has 2 saturated heterocycles. The molecule has 0 radical (unpaired) electrons. The van der Waals surface area contributed by atoms with Gasteiger partial charge in [-0.1, -0.05) is 12.1 Å². The van der Waals surface area contributed by atoms with Crippen molar-refractivity contribution < 1.29 is 27.8 Å². The molecule has 1 atom stereocenters. The number of nitrogens with zero attached hydrogens (tertiary/aromatic N) is 1. The first-order chi connectivity index (χ1) is 12.3. The van der Waals surface area contributed by atoms with Gasteiger partial charge in [-0.25, -0.2) is 4.79 Å². The van der Waals surface area contributed by atoms with Crippen LogP contribution in [0.5, 0.6) is 11.5 Å². The molecular weight excluding hydrogens is 348 g/mol. The second-order valence-electron chi connectivity index (χ2n) is 7.07. The highest BCUT2D eigenvalue weighted by Crippen LogP contribution is 2.43. The molecule has 1 aromatic rings. The van der Waals surface area contributed by atoms with Crippen LogP contribution in [0.4, 0.5) is 13.6 Å². The van der Waals surface area contributed by atoms with Crippen LogP contribution in [0, 0.1) is 5.92 Å². The lowest BCUT2D eigenvalue weighted by Gasteiger charge is -2.38. The third-order valence-electron chi connectivity index (χ3n) is 5.38. The Morgan fingerprint density at radius 1 is 1.23 bits per heavy atom. The minimum absolute atomic E-state index is 0.0237. The number of alkyl halides is 2. The first-order valence-electron chi connectivity index (χ1n) is 8.50. The van der Waals surface area contributed by atoms with E-state index in [9.17, 15) is 18.4 Å². The number of piperidine rings is 1. The van der Waals surface area contributed by atoms with Crippen LogP contribution < -0.4 is 20.1 Å². The highest BCUT2D eigenvalue weighted by molar-refractivity contribution is 6.06. The molecule has 0 spiro atoms. The summed E-state index contributed by atoms with van der Waals surface area (Å²) in [5.74, 6) is -0.153. The van der Waals surface area contributed by atoms with Gasteiger partial charge in [-0.2, -0.15) is 0 Å². The average Bonchev–Trinajstić information content (AvgIpc) is 3.03. The molecule has 0 aromatic heterocycles. The van der Waals surface area contributed by atoms with Crippen molar-refractivity contribution >= 4 is 11.9 Å². The summed E-state index contributed by atoms with van der Waals surface area (Å²) in [5, 5.41) is 5.01. The van der Waals surface area contributed by atoms with E-state index >= 15 is 0 Å². The van der Waals surface area contributed by atoms with Crippen molar-refractivity contribution in [3.8, 4) is 11.5 Å². The predicted molar refractivity (Wildman–Crippen MR) is 85.7 cm³/mol. The maximum absolute atomic E-state index is 13.3. The molecule has 26 heavy (non-hydrogen) atoms. The maximum atomic E-state index is 13.3. The molecule has 3 heterocycles. The second-order valence-corrected chi connectivity index (χ2v) is 7.07. The van der Waals surface area contributed by atoms with Crippen molar-refractivity contribution in [3.63, 3.8) is 0 Å². The van der Waals surface area contributed by atoms with Gasteiger partial charge >= 0.3 is 12.3 Å². The zero-order chi connectivity index (χ0) is 18.5. The molecular formula is C17H19F2N3O4. The summed E-state index contributed by atoms with van der Waals surface area (Å²) in [6.07, 6.45) is -2.20. The minimum atomic E-state index is -3.63. The van der Waals surface area contributed by atoms with Crippen molar-refractivity contribution in [1.29, 1.82) is 0 Å². The monoisotopic (exact) mass is 367 g/mol. The number of ether oxygens (including phenoxy) is 2. The number of fused-ring (bicyclic) bond motifs is 1. The van der Waals surface area contributed by atoms with Gasteiger partial charge in [0.05, 0.1) is 0 Å². The predicted octanol–water partition coefficient (Wildman–Crippen LogP) is 1.82. The van der Waals surface area contributed by atoms with Gasteiger partial charge in [0.1, 0.15) is 5.54 Å². The summed E-state index contributed by atoms with van der Waals surface area (Å²) in [5.41, 5.74) is -0.257. The van der Waals surface area contributed by atoms with Crippen LogP contribution >= 0.6 is 0 Å². The molecule has 9 heteroatoms. The number of hydrogen-bond acceptors (Lipinski definition) is 5. The van der Waals surface area contributed by atoms with E-state index in [0.717, 1.165) is 0 Å². The van der Waals surface area contributed by atoms with Crippen LogP contribution in [-0.4, -0.2) is 41.8 Å². The Bertz CT molecular complexity index is 764. The highest BCUT2D eigenvalue weighted by Gasteiger charge is 2.49. The number of nitrogens with one attached hydrogen (secondary N) is 2. The SMILES string of the molecule is C[C@@]1(C2CCN(Cc3cccc4c3OC(F)(F)O4)CC2)NC(=O)NC1=O. The molecule has 1 aromatic carbocycles. The van der Waals surface area contributed by atoms with Gasteiger partial charge in [-0.05, 0) is 44.8 Å². The van der Waals surface area contributed by atoms with E-state index in [-0.39, 0.29) is 23.3 Å². The van der Waals surface area contributed by atoms with E-state index < -0.39 is 17.9 Å². The number of amides is 3. The molecule has 2 fully saturated rings. The number of carbonyl (C=O) groups is 2. The topological polar surface area (TPSA) is 79.9 Å². The van der Waals surface area contributed by atoms with Gasteiger partial charge in [-0.15, -0.1) is 8.78 Å². The normalized spacial score (nSPS) is 28.1. The van der Waals surface area contributed by atoms with E-state index in [1.165, 1.54) is 6.07 Å². The second kappa shape index (κ2) is 5.80. The van der Waals surface area contributed by atoms with Gasteiger partial charge in [0.25, 0.3) is 5.91 Å². The zero-order valence-corrected chi connectivity index (χ0v) is 14.2. The first kappa shape index (κ1) is 17.0. The van der Waals surface area contributed by atoms with E-state index in [1.807, 2.05) is 0 Å². The Morgan fingerprint density at radius 3 is 2.62 bits per heavy atom. The fourth-order valence-corrected chi connectivity index (χ4v) is 3.90. The third-order valence-corrected chi connectivity index (χ3v) is 5.38. The number of carbonyl (C=O) groups excluding carboxylic acids is 2. The van der Waals surface area contributed by atoms with E-state index in [0.29, 0.717) is 38.0 Å². The Balaban J connectivity index is 1.41. The summed E-state index contributed by atoms with van der Waals surface area (Å²) >= 11 is 0. The first-order valence-corrected chi connectivity index (χ1v) is 8.50. The summed E-state index contributed by atoms with van der Waals surface area (Å²) in [7, 11) is 0. The molecule has 2 N–H and O–H groups in total. The molecule has 0 saturated carbocycles. The van der Waals surface area contributed by atoms with Crippen molar-refractivity contribution in [3.05, 3.63) is 23.8 Å².